The van der Waals surface area contributed by atoms with Crippen LogP contribution in [0.3, 0.4) is 0 Å². The van der Waals surface area contributed by atoms with E-state index in [1.165, 1.54) is 0 Å². The molecule has 1 aromatic carbocycles. The molecular formula is C16H18N2O4. The summed E-state index contributed by atoms with van der Waals surface area (Å²) in [5, 5.41) is 0. The molecule has 0 bridgehead atoms. The standard InChI is InChI=1S/C16H18N2O4/c1-20-11-6-5-10(8-13(11)21-2)9-18-15(14(17)16(18)19)12-4-3-7-22-12/h3-8,14-15H,9,17H2,1-2H3/t14-,15+/m1/s1. The topological polar surface area (TPSA) is 77.9 Å². The number of nitrogens with two attached hydrogens (primary N) is 1. The van der Waals surface area contributed by atoms with Gasteiger partial charge in [0.15, 0.2) is 11.5 Å². The van der Waals surface area contributed by atoms with Crippen molar-refractivity contribution in [3.05, 3.63) is 47.9 Å². The van der Waals surface area contributed by atoms with Crippen LogP contribution in [0.25, 0.3) is 0 Å². The van der Waals surface area contributed by atoms with E-state index in [0.29, 0.717) is 23.8 Å². The summed E-state index contributed by atoms with van der Waals surface area (Å²) in [5.74, 6) is 1.90. The van der Waals surface area contributed by atoms with Crippen molar-refractivity contribution in [3.63, 3.8) is 0 Å². The number of carbonyl (C=O) groups excluding carboxylic acids is 1. The number of likely N-dealkylation sites (tertiary alicyclic amines) is 1. The van der Waals surface area contributed by atoms with Crippen LogP contribution in [-0.2, 0) is 11.3 Å². The first-order valence-electron chi connectivity index (χ1n) is 6.96. The molecule has 6 nitrogen and oxygen atoms in total. The lowest BCUT2D eigenvalue weighted by atomic mass is 9.93. The number of methoxy groups -OCH3 is 2. The Morgan fingerprint density at radius 3 is 2.64 bits per heavy atom. The molecule has 1 aromatic heterocycles. The fraction of sp³-hybridized carbons (Fsp3) is 0.312. The predicted molar refractivity (Wildman–Crippen MR) is 79.5 cm³/mol. The molecular weight excluding hydrogens is 284 g/mol. The lowest BCUT2D eigenvalue weighted by Crippen LogP contribution is -2.62. The van der Waals surface area contributed by atoms with Crippen LogP contribution in [0.2, 0.25) is 0 Å². The van der Waals surface area contributed by atoms with Crippen LogP contribution in [0, 0.1) is 0 Å². The minimum atomic E-state index is -0.550. The van der Waals surface area contributed by atoms with Crippen molar-refractivity contribution < 1.29 is 18.7 Å². The lowest BCUT2D eigenvalue weighted by molar-refractivity contribution is -0.151. The van der Waals surface area contributed by atoms with Crippen LogP contribution in [0.15, 0.2) is 41.0 Å². The van der Waals surface area contributed by atoms with Crippen LogP contribution in [0.1, 0.15) is 17.4 Å². The molecule has 2 aromatic rings. The average Bonchev–Trinajstić information content (AvgIpc) is 3.07. The van der Waals surface area contributed by atoms with E-state index < -0.39 is 6.04 Å². The Balaban J connectivity index is 1.81. The lowest BCUT2D eigenvalue weighted by Gasteiger charge is -2.44. The molecule has 0 unspecified atom stereocenters. The molecule has 1 amide bonds. The van der Waals surface area contributed by atoms with Crippen LogP contribution in [0.5, 0.6) is 11.5 Å². The SMILES string of the molecule is COc1ccc(CN2C(=O)[C@H](N)[C@@H]2c2ccco2)cc1OC. The number of benzene rings is 1. The van der Waals surface area contributed by atoms with Gasteiger partial charge in [0.05, 0.1) is 20.5 Å². The first kappa shape index (κ1) is 14.5. The first-order valence-corrected chi connectivity index (χ1v) is 6.96. The molecule has 1 aliphatic rings. The number of amides is 1. The third-order valence-corrected chi connectivity index (χ3v) is 3.88. The second-order valence-corrected chi connectivity index (χ2v) is 5.14. The minimum Gasteiger partial charge on any atom is -0.493 e. The van der Waals surface area contributed by atoms with Crippen molar-refractivity contribution in [2.45, 2.75) is 18.6 Å². The summed E-state index contributed by atoms with van der Waals surface area (Å²) in [6.07, 6.45) is 1.58. The summed E-state index contributed by atoms with van der Waals surface area (Å²) in [4.78, 5) is 13.8. The van der Waals surface area contributed by atoms with E-state index in [9.17, 15) is 4.79 Å². The van der Waals surface area contributed by atoms with E-state index in [-0.39, 0.29) is 11.9 Å². The number of hydrogen-bond acceptors (Lipinski definition) is 5. The van der Waals surface area contributed by atoms with E-state index in [0.717, 1.165) is 5.56 Å². The summed E-state index contributed by atoms with van der Waals surface area (Å²) in [5.41, 5.74) is 6.85. The molecule has 2 heterocycles. The number of carbonyl (C=O) groups is 1. The smallest absolute Gasteiger partial charge is 0.243 e. The van der Waals surface area contributed by atoms with Gasteiger partial charge in [-0.3, -0.25) is 4.79 Å². The van der Waals surface area contributed by atoms with E-state index >= 15 is 0 Å². The molecule has 6 heteroatoms. The third kappa shape index (κ3) is 2.31. The van der Waals surface area contributed by atoms with E-state index in [2.05, 4.69) is 0 Å². The fourth-order valence-electron chi connectivity index (χ4n) is 2.72. The zero-order chi connectivity index (χ0) is 15.7. The largest absolute Gasteiger partial charge is 0.493 e. The summed E-state index contributed by atoms with van der Waals surface area (Å²) < 4.78 is 15.9. The van der Waals surface area contributed by atoms with Gasteiger partial charge >= 0.3 is 0 Å². The van der Waals surface area contributed by atoms with Crippen LogP contribution < -0.4 is 15.2 Å². The zero-order valence-corrected chi connectivity index (χ0v) is 12.5. The number of ether oxygens (including phenoxy) is 2. The van der Waals surface area contributed by atoms with Gasteiger partial charge in [-0.1, -0.05) is 6.07 Å². The number of rotatable bonds is 5. The van der Waals surface area contributed by atoms with Crippen molar-refractivity contribution in [3.8, 4) is 11.5 Å². The highest BCUT2D eigenvalue weighted by atomic mass is 16.5. The zero-order valence-electron chi connectivity index (χ0n) is 12.5. The molecule has 1 saturated heterocycles. The Morgan fingerprint density at radius 2 is 2.00 bits per heavy atom. The van der Waals surface area contributed by atoms with Crippen molar-refractivity contribution in [2.75, 3.05) is 14.2 Å². The number of nitrogens with zero attached hydrogens (tertiary/aromatic N) is 1. The van der Waals surface area contributed by atoms with Gasteiger partial charge in [0, 0.05) is 6.54 Å². The van der Waals surface area contributed by atoms with Gasteiger partial charge in [-0.2, -0.15) is 0 Å². The van der Waals surface area contributed by atoms with Crippen LogP contribution in [0.4, 0.5) is 0 Å². The first-order chi connectivity index (χ1) is 10.7. The summed E-state index contributed by atoms with van der Waals surface area (Å²) in [6, 6.07) is 8.42. The van der Waals surface area contributed by atoms with Crippen molar-refractivity contribution in [1.82, 2.24) is 4.90 Å². The maximum Gasteiger partial charge on any atom is 0.243 e. The molecule has 0 radical (unpaired) electrons. The Morgan fingerprint density at radius 1 is 1.23 bits per heavy atom. The molecule has 2 atom stereocenters. The van der Waals surface area contributed by atoms with Gasteiger partial charge in [-0.25, -0.2) is 0 Å². The predicted octanol–water partition coefficient (Wildman–Crippen LogP) is 1.71. The number of β-lactam (4-membered cyclic amide) rings is 1. The average molecular weight is 302 g/mol. The summed E-state index contributed by atoms with van der Waals surface area (Å²) >= 11 is 0. The highest BCUT2D eigenvalue weighted by Gasteiger charge is 2.47. The Kier molecular flexibility index (Phi) is 3.77. The molecule has 116 valence electrons. The van der Waals surface area contributed by atoms with Crippen molar-refractivity contribution in [1.29, 1.82) is 0 Å². The van der Waals surface area contributed by atoms with E-state index in [1.54, 1.807) is 31.4 Å². The Labute approximate surface area is 128 Å². The highest BCUT2D eigenvalue weighted by molar-refractivity contribution is 5.89. The van der Waals surface area contributed by atoms with Gasteiger partial charge < -0.3 is 24.5 Å². The van der Waals surface area contributed by atoms with E-state index in [4.69, 9.17) is 19.6 Å². The number of hydrogen-bond donors (Lipinski definition) is 1. The van der Waals surface area contributed by atoms with E-state index in [1.807, 2.05) is 24.3 Å². The van der Waals surface area contributed by atoms with Gasteiger partial charge in [0.2, 0.25) is 5.91 Å². The molecule has 1 fully saturated rings. The van der Waals surface area contributed by atoms with Crippen LogP contribution >= 0.6 is 0 Å². The maximum absolute atomic E-state index is 12.1. The highest BCUT2D eigenvalue weighted by Crippen LogP contribution is 2.36. The van der Waals surface area contributed by atoms with Gasteiger partial charge in [0.25, 0.3) is 0 Å². The van der Waals surface area contributed by atoms with Gasteiger partial charge in [-0.15, -0.1) is 0 Å². The second kappa shape index (κ2) is 5.73. The summed E-state index contributed by atoms with van der Waals surface area (Å²) in [7, 11) is 3.17. The number of furan rings is 1. The second-order valence-electron chi connectivity index (χ2n) is 5.14. The molecule has 22 heavy (non-hydrogen) atoms. The fourth-order valence-corrected chi connectivity index (χ4v) is 2.72. The van der Waals surface area contributed by atoms with Crippen molar-refractivity contribution >= 4 is 5.91 Å². The monoisotopic (exact) mass is 302 g/mol. The summed E-state index contributed by atoms with van der Waals surface area (Å²) in [6.45, 7) is 0.443. The molecule has 0 saturated carbocycles. The quantitative estimate of drug-likeness (QED) is 0.851. The van der Waals surface area contributed by atoms with Gasteiger partial charge in [-0.05, 0) is 29.8 Å². The minimum absolute atomic E-state index is 0.0869. The third-order valence-electron chi connectivity index (χ3n) is 3.88. The molecule has 1 aliphatic heterocycles. The van der Waals surface area contributed by atoms with Crippen molar-refractivity contribution in [2.24, 2.45) is 5.73 Å². The molecule has 0 aliphatic carbocycles. The molecule has 2 N–H and O–H groups in total. The molecule has 0 spiro atoms. The Bertz CT molecular complexity index is 669. The normalized spacial score (nSPS) is 20.7. The molecule has 3 rings (SSSR count). The maximum atomic E-state index is 12.1. The van der Waals surface area contributed by atoms with Gasteiger partial charge in [0.1, 0.15) is 17.8 Å². The van der Waals surface area contributed by atoms with Crippen LogP contribution in [-0.4, -0.2) is 31.1 Å². The Hall–Kier alpha value is -2.47.